The van der Waals surface area contributed by atoms with Crippen LogP contribution in [0.3, 0.4) is 0 Å². The highest BCUT2D eigenvalue weighted by Crippen LogP contribution is 2.23. The molecule has 2 rings (SSSR count). The average molecular weight is 243 g/mol. The number of nitrogens with one attached hydrogen (secondary N) is 2. The van der Waals surface area contributed by atoms with E-state index < -0.39 is 0 Å². The Morgan fingerprint density at radius 2 is 2.12 bits per heavy atom. The van der Waals surface area contributed by atoms with Crippen molar-refractivity contribution in [1.82, 2.24) is 10.6 Å². The second kappa shape index (κ2) is 6.09. The second-order valence-electron chi connectivity index (χ2n) is 3.94. The van der Waals surface area contributed by atoms with Gasteiger partial charge >= 0.3 is 0 Å². The van der Waals surface area contributed by atoms with E-state index in [1.165, 1.54) is 11.1 Å². The van der Waals surface area contributed by atoms with E-state index >= 15 is 0 Å². The van der Waals surface area contributed by atoms with Crippen molar-refractivity contribution in [3.63, 3.8) is 0 Å². The highest BCUT2D eigenvalue weighted by Gasteiger charge is 2.14. The molecule has 0 saturated carbocycles. The Labute approximate surface area is 103 Å². The lowest BCUT2D eigenvalue weighted by atomic mass is 10.0. The Hall–Kier alpha value is -0.770. The average Bonchev–Trinajstić information content (AvgIpc) is 2.31. The molecule has 0 spiro atoms. The molecule has 4 heteroatoms. The molecule has 1 aliphatic rings. The van der Waals surface area contributed by atoms with Crippen LogP contribution in [0.1, 0.15) is 17.2 Å². The Balaban J connectivity index is 0.00000128. The summed E-state index contributed by atoms with van der Waals surface area (Å²) in [4.78, 5) is 0. The lowest BCUT2D eigenvalue weighted by Crippen LogP contribution is -2.42. The van der Waals surface area contributed by atoms with Gasteiger partial charge in [0, 0.05) is 25.7 Å². The van der Waals surface area contributed by atoms with Gasteiger partial charge in [0.15, 0.2) is 0 Å². The van der Waals surface area contributed by atoms with E-state index in [1.807, 2.05) is 0 Å². The van der Waals surface area contributed by atoms with E-state index in [-0.39, 0.29) is 12.4 Å². The highest BCUT2D eigenvalue weighted by molar-refractivity contribution is 5.85. The summed E-state index contributed by atoms with van der Waals surface area (Å²) in [6, 6.07) is 6.82. The van der Waals surface area contributed by atoms with Gasteiger partial charge in [-0.15, -0.1) is 12.4 Å². The third-order valence-corrected chi connectivity index (χ3v) is 2.88. The van der Waals surface area contributed by atoms with Gasteiger partial charge < -0.3 is 15.4 Å². The molecule has 1 atom stereocenters. The van der Waals surface area contributed by atoms with Gasteiger partial charge in [-0.25, -0.2) is 0 Å². The number of halogens is 1. The zero-order chi connectivity index (χ0) is 10.7. The molecule has 0 aliphatic carbocycles. The number of methoxy groups -OCH3 is 1. The van der Waals surface area contributed by atoms with Gasteiger partial charge in [-0.3, -0.25) is 0 Å². The number of rotatable bonds is 2. The molecule has 1 heterocycles. The van der Waals surface area contributed by atoms with Crippen LogP contribution in [0.5, 0.6) is 5.75 Å². The number of aryl methyl sites for hydroxylation is 1. The fraction of sp³-hybridized carbons (Fsp3) is 0.500. The molecule has 90 valence electrons. The van der Waals surface area contributed by atoms with Crippen LogP contribution in [0, 0.1) is 6.92 Å². The van der Waals surface area contributed by atoms with Gasteiger partial charge in [0.2, 0.25) is 0 Å². The first kappa shape index (κ1) is 13.3. The van der Waals surface area contributed by atoms with Crippen LogP contribution in [-0.2, 0) is 0 Å². The number of hydrogen-bond acceptors (Lipinski definition) is 3. The lowest BCUT2D eigenvalue weighted by Gasteiger charge is -2.25. The molecule has 0 amide bonds. The molecular weight excluding hydrogens is 224 g/mol. The van der Waals surface area contributed by atoms with Crippen molar-refractivity contribution in [2.75, 3.05) is 26.7 Å². The van der Waals surface area contributed by atoms with Crippen LogP contribution < -0.4 is 15.4 Å². The summed E-state index contributed by atoms with van der Waals surface area (Å²) in [5.41, 5.74) is 2.48. The maximum absolute atomic E-state index is 5.33. The number of hydrogen-bond donors (Lipinski definition) is 2. The molecule has 0 bridgehead atoms. The second-order valence-corrected chi connectivity index (χ2v) is 3.94. The first-order valence-electron chi connectivity index (χ1n) is 5.40. The quantitative estimate of drug-likeness (QED) is 0.828. The highest BCUT2D eigenvalue weighted by atomic mass is 35.5. The normalized spacial score (nSPS) is 20.0. The van der Waals surface area contributed by atoms with Crippen LogP contribution in [0.15, 0.2) is 18.2 Å². The Morgan fingerprint density at radius 3 is 2.75 bits per heavy atom. The molecule has 0 aromatic heterocycles. The maximum atomic E-state index is 5.33. The van der Waals surface area contributed by atoms with Crippen molar-refractivity contribution in [3.05, 3.63) is 29.3 Å². The first-order chi connectivity index (χ1) is 7.31. The van der Waals surface area contributed by atoms with Crippen molar-refractivity contribution in [1.29, 1.82) is 0 Å². The van der Waals surface area contributed by atoms with Crippen LogP contribution in [0.4, 0.5) is 0 Å². The first-order valence-corrected chi connectivity index (χ1v) is 5.40. The zero-order valence-electron chi connectivity index (χ0n) is 9.75. The van der Waals surface area contributed by atoms with E-state index in [0.29, 0.717) is 6.04 Å². The molecule has 0 unspecified atom stereocenters. The van der Waals surface area contributed by atoms with Crippen LogP contribution in [0.2, 0.25) is 0 Å². The standard InChI is InChI=1S/C12H18N2O.ClH/c1-9-3-4-10(7-12(9)15-2)11-8-13-5-6-14-11;/h3-4,7,11,13-14H,5-6,8H2,1-2H3;1H/t11-;/m1./s1. The minimum absolute atomic E-state index is 0. The molecule has 16 heavy (non-hydrogen) atoms. The topological polar surface area (TPSA) is 33.3 Å². The summed E-state index contributed by atoms with van der Waals surface area (Å²) in [6.07, 6.45) is 0. The largest absolute Gasteiger partial charge is 0.496 e. The maximum Gasteiger partial charge on any atom is 0.122 e. The van der Waals surface area contributed by atoms with E-state index in [2.05, 4.69) is 35.8 Å². The van der Waals surface area contributed by atoms with Gasteiger partial charge in [0.05, 0.1) is 7.11 Å². The fourth-order valence-electron chi connectivity index (χ4n) is 1.94. The Kier molecular flexibility index (Phi) is 5.06. The number of piperazine rings is 1. The third kappa shape index (κ3) is 2.88. The van der Waals surface area contributed by atoms with Crippen LogP contribution in [0.25, 0.3) is 0 Å². The van der Waals surface area contributed by atoms with E-state index in [4.69, 9.17) is 4.74 Å². The fourth-order valence-corrected chi connectivity index (χ4v) is 1.94. The van der Waals surface area contributed by atoms with Crippen molar-refractivity contribution >= 4 is 12.4 Å². The minimum atomic E-state index is 0. The molecule has 2 N–H and O–H groups in total. The summed E-state index contributed by atoms with van der Waals surface area (Å²) >= 11 is 0. The van der Waals surface area contributed by atoms with Crippen molar-refractivity contribution in [3.8, 4) is 5.75 Å². The van der Waals surface area contributed by atoms with Crippen molar-refractivity contribution < 1.29 is 4.74 Å². The predicted octanol–water partition coefficient (Wildman–Crippen LogP) is 1.66. The molecule has 0 radical (unpaired) electrons. The lowest BCUT2D eigenvalue weighted by molar-refractivity contribution is 0.404. The monoisotopic (exact) mass is 242 g/mol. The number of benzene rings is 1. The number of ether oxygens (including phenoxy) is 1. The van der Waals surface area contributed by atoms with Gasteiger partial charge in [-0.2, -0.15) is 0 Å². The van der Waals surface area contributed by atoms with Crippen molar-refractivity contribution in [2.24, 2.45) is 0 Å². The summed E-state index contributed by atoms with van der Waals surface area (Å²) < 4.78 is 5.33. The molecular formula is C12H19ClN2O. The molecule has 1 aromatic carbocycles. The predicted molar refractivity (Wildman–Crippen MR) is 68.6 cm³/mol. The summed E-state index contributed by atoms with van der Waals surface area (Å²) in [5, 5.41) is 6.87. The molecule has 1 fully saturated rings. The summed E-state index contributed by atoms with van der Waals surface area (Å²) in [7, 11) is 1.72. The van der Waals surface area contributed by atoms with Gasteiger partial charge in [-0.05, 0) is 24.1 Å². The Morgan fingerprint density at radius 1 is 1.31 bits per heavy atom. The summed E-state index contributed by atoms with van der Waals surface area (Å²) in [5.74, 6) is 0.972. The SMILES string of the molecule is COc1cc([C@H]2CNCCN2)ccc1C.Cl. The zero-order valence-corrected chi connectivity index (χ0v) is 10.6. The van der Waals surface area contributed by atoms with E-state index in [0.717, 1.165) is 25.4 Å². The Bertz CT molecular complexity index is 338. The van der Waals surface area contributed by atoms with E-state index in [9.17, 15) is 0 Å². The molecule has 1 aromatic rings. The summed E-state index contributed by atoms with van der Waals surface area (Å²) in [6.45, 7) is 5.14. The molecule has 1 aliphatic heterocycles. The smallest absolute Gasteiger partial charge is 0.122 e. The van der Waals surface area contributed by atoms with Crippen molar-refractivity contribution in [2.45, 2.75) is 13.0 Å². The molecule has 3 nitrogen and oxygen atoms in total. The molecule has 1 saturated heterocycles. The van der Waals surface area contributed by atoms with E-state index in [1.54, 1.807) is 7.11 Å². The minimum Gasteiger partial charge on any atom is -0.496 e. The van der Waals surface area contributed by atoms with Gasteiger partial charge in [0.25, 0.3) is 0 Å². The van der Waals surface area contributed by atoms with Gasteiger partial charge in [0.1, 0.15) is 5.75 Å². The van der Waals surface area contributed by atoms with Crippen LogP contribution >= 0.6 is 12.4 Å². The van der Waals surface area contributed by atoms with Crippen LogP contribution in [-0.4, -0.2) is 26.7 Å². The van der Waals surface area contributed by atoms with Gasteiger partial charge in [-0.1, -0.05) is 12.1 Å². The third-order valence-electron chi connectivity index (χ3n) is 2.88.